The summed E-state index contributed by atoms with van der Waals surface area (Å²) in [7, 11) is 0. The molecular formula is C11H22O2S. The first-order valence-corrected chi connectivity index (χ1v) is 6.09. The van der Waals surface area contributed by atoms with Gasteiger partial charge in [0.1, 0.15) is 5.60 Å². The molecule has 0 rings (SSSR count). The summed E-state index contributed by atoms with van der Waals surface area (Å²) in [6, 6.07) is 0. The summed E-state index contributed by atoms with van der Waals surface area (Å²) in [6.45, 7) is 11.8. The summed E-state index contributed by atoms with van der Waals surface area (Å²) >= 11 is 1.67. The molecule has 0 radical (unpaired) electrons. The van der Waals surface area contributed by atoms with Crippen LogP contribution in [-0.2, 0) is 9.53 Å². The Morgan fingerprint density at radius 3 is 2.21 bits per heavy atom. The van der Waals surface area contributed by atoms with Gasteiger partial charge < -0.3 is 4.74 Å². The molecule has 2 atom stereocenters. The Morgan fingerprint density at radius 1 is 1.36 bits per heavy atom. The summed E-state index contributed by atoms with van der Waals surface area (Å²) < 4.78 is 5.29. The number of thioether (sulfide) groups is 1. The number of ether oxygens (including phenoxy) is 1. The van der Waals surface area contributed by atoms with Gasteiger partial charge in [0.25, 0.3) is 0 Å². The van der Waals surface area contributed by atoms with Crippen molar-refractivity contribution in [2.45, 2.75) is 64.1 Å². The fourth-order valence-electron chi connectivity index (χ4n) is 0.885. The van der Waals surface area contributed by atoms with Crippen molar-refractivity contribution in [2.24, 2.45) is 0 Å². The third-order valence-electron chi connectivity index (χ3n) is 1.75. The van der Waals surface area contributed by atoms with E-state index in [2.05, 4.69) is 13.8 Å². The quantitative estimate of drug-likeness (QED) is 0.678. The standard InChI is InChI=1S/C11H22O2S/c1-7-8(2)14-9(3)10(12)13-11(4,5)6/h8-9H,7H2,1-6H3. The minimum absolute atomic E-state index is 0.0656. The number of hydrogen-bond donors (Lipinski definition) is 0. The Morgan fingerprint density at radius 2 is 1.86 bits per heavy atom. The Kier molecular flexibility index (Phi) is 5.57. The topological polar surface area (TPSA) is 26.3 Å². The molecule has 0 spiro atoms. The lowest BCUT2D eigenvalue weighted by Crippen LogP contribution is -2.29. The van der Waals surface area contributed by atoms with Gasteiger partial charge in [-0.1, -0.05) is 13.8 Å². The summed E-state index contributed by atoms with van der Waals surface area (Å²) in [5.41, 5.74) is -0.374. The van der Waals surface area contributed by atoms with E-state index in [0.717, 1.165) is 6.42 Å². The van der Waals surface area contributed by atoms with Crippen LogP contribution in [0.1, 0.15) is 48.0 Å². The van der Waals surface area contributed by atoms with Crippen molar-refractivity contribution in [3.63, 3.8) is 0 Å². The number of rotatable bonds is 4. The van der Waals surface area contributed by atoms with Crippen molar-refractivity contribution < 1.29 is 9.53 Å². The highest BCUT2D eigenvalue weighted by Crippen LogP contribution is 2.22. The van der Waals surface area contributed by atoms with Crippen molar-refractivity contribution in [1.82, 2.24) is 0 Å². The van der Waals surface area contributed by atoms with E-state index in [4.69, 9.17) is 4.74 Å². The van der Waals surface area contributed by atoms with Gasteiger partial charge >= 0.3 is 5.97 Å². The zero-order valence-corrected chi connectivity index (χ0v) is 10.9. The van der Waals surface area contributed by atoms with Crippen LogP contribution in [0.4, 0.5) is 0 Å². The minimum atomic E-state index is -0.374. The molecule has 0 bridgehead atoms. The predicted octanol–water partition coefficient (Wildman–Crippen LogP) is 3.25. The molecule has 14 heavy (non-hydrogen) atoms. The number of carbonyl (C=O) groups is 1. The van der Waals surface area contributed by atoms with Gasteiger partial charge in [-0.2, -0.15) is 0 Å². The van der Waals surface area contributed by atoms with Crippen LogP contribution in [-0.4, -0.2) is 22.1 Å². The Balaban J connectivity index is 4.00. The largest absolute Gasteiger partial charge is 0.459 e. The third-order valence-corrected chi connectivity index (χ3v) is 3.15. The second-order valence-electron chi connectivity index (χ2n) is 4.53. The van der Waals surface area contributed by atoms with E-state index in [1.54, 1.807) is 11.8 Å². The van der Waals surface area contributed by atoms with Crippen LogP contribution in [0.25, 0.3) is 0 Å². The van der Waals surface area contributed by atoms with E-state index in [-0.39, 0.29) is 16.8 Å². The first-order valence-electron chi connectivity index (χ1n) is 5.14. The Hall–Kier alpha value is -0.180. The molecule has 0 aromatic carbocycles. The maximum Gasteiger partial charge on any atom is 0.319 e. The van der Waals surface area contributed by atoms with E-state index in [1.165, 1.54) is 0 Å². The van der Waals surface area contributed by atoms with E-state index in [9.17, 15) is 4.79 Å². The molecular weight excluding hydrogens is 196 g/mol. The number of carbonyl (C=O) groups excluding carboxylic acids is 1. The maximum atomic E-state index is 11.6. The number of hydrogen-bond acceptors (Lipinski definition) is 3. The Bertz CT molecular complexity index is 184. The molecule has 0 aliphatic heterocycles. The van der Waals surface area contributed by atoms with Gasteiger partial charge in [0.2, 0.25) is 0 Å². The van der Waals surface area contributed by atoms with E-state index in [1.807, 2.05) is 27.7 Å². The van der Waals surface area contributed by atoms with Gasteiger partial charge in [0.05, 0.1) is 5.25 Å². The van der Waals surface area contributed by atoms with Crippen LogP contribution in [0.2, 0.25) is 0 Å². The van der Waals surface area contributed by atoms with Crippen LogP contribution in [0, 0.1) is 0 Å². The molecule has 84 valence electrons. The van der Waals surface area contributed by atoms with Gasteiger partial charge in [0.15, 0.2) is 0 Å². The molecule has 0 aromatic heterocycles. The van der Waals surface area contributed by atoms with Crippen molar-refractivity contribution >= 4 is 17.7 Å². The second kappa shape index (κ2) is 5.64. The van der Waals surface area contributed by atoms with Crippen LogP contribution in [0.3, 0.4) is 0 Å². The summed E-state index contributed by atoms with van der Waals surface area (Å²) in [5.74, 6) is -0.109. The molecule has 2 nitrogen and oxygen atoms in total. The highest BCUT2D eigenvalue weighted by Gasteiger charge is 2.22. The molecule has 0 aliphatic carbocycles. The maximum absolute atomic E-state index is 11.6. The van der Waals surface area contributed by atoms with E-state index < -0.39 is 0 Å². The van der Waals surface area contributed by atoms with Gasteiger partial charge in [-0.15, -0.1) is 11.8 Å². The van der Waals surface area contributed by atoms with Crippen molar-refractivity contribution in [3.8, 4) is 0 Å². The van der Waals surface area contributed by atoms with Crippen molar-refractivity contribution in [3.05, 3.63) is 0 Å². The fraction of sp³-hybridized carbons (Fsp3) is 0.909. The average molecular weight is 218 g/mol. The zero-order chi connectivity index (χ0) is 11.4. The molecule has 0 N–H and O–H groups in total. The first-order chi connectivity index (χ1) is 6.26. The zero-order valence-electron chi connectivity index (χ0n) is 10.1. The van der Waals surface area contributed by atoms with E-state index >= 15 is 0 Å². The van der Waals surface area contributed by atoms with Crippen molar-refractivity contribution in [2.75, 3.05) is 0 Å². The fourth-order valence-corrected chi connectivity index (χ4v) is 1.93. The van der Waals surface area contributed by atoms with Crippen LogP contribution in [0.15, 0.2) is 0 Å². The molecule has 0 aliphatic rings. The third kappa shape index (κ3) is 6.30. The lowest BCUT2D eigenvalue weighted by atomic mass is 10.2. The van der Waals surface area contributed by atoms with E-state index in [0.29, 0.717) is 5.25 Å². The monoisotopic (exact) mass is 218 g/mol. The second-order valence-corrected chi connectivity index (χ2v) is 6.31. The molecule has 0 fully saturated rings. The van der Waals surface area contributed by atoms with Gasteiger partial charge in [-0.25, -0.2) is 0 Å². The van der Waals surface area contributed by atoms with Gasteiger partial charge in [-0.05, 0) is 34.1 Å². The summed E-state index contributed by atoms with van der Waals surface area (Å²) in [4.78, 5) is 11.6. The van der Waals surface area contributed by atoms with Crippen LogP contribution < -0.4 is 0 Å². The highest BCUT2D eigenvalue weighted by atomic mass is 32.2. The first kappa shape index (κ1) is 13.8. The SMILES string of the molecule is CCC(C)SC(C)C(=O)OC(C)(C)C. The minimum Gasteiger partial charge on any atom is -0.459 e. The molecule has 0 aromatic rings. The summed E-state index contributed by atoms with van der Waals surface area (Å²) in [6.07, 6.45) is 1.08. The Labute approximate surface area is 91.8 Å². The lowest BCUT2D eigenvalue weighted by Gasteiger charge is -2.23. The normalized spacial score (nSPS) is 16.1. The molecule has 0 amide bonds. The summed E-state index contributed by atoms with van der Waals surface area (Å²) in [5, 5.41) is 0.446. The number of esters is 1. The van der Waals surface area contributed by atoms with Crippen molar-refractivity contribution in [1.29, 1.82) is 0 Å². The van der Waals surface area contributed by atoms with Gasteiger partial charge in [0, 0.05) is 5.25 Å². The molecule has 0 saturated carbocycles. The molecule has 0 saturated heterocycles. The predicted molar refractivity (Wildman–Crippen MR) is 62.7 cm³/mol. The van der Waals surface area contributed by atoms with Crippen LogP contribution >= 0.6 is 11.8 Å². The molecule has 2 unspecified atom stereocenters. The molecule has 0 heterocycles. The smallest absolute Gasteiger partial charge is 0.319 e. The lowest BCUT2D eigenvalue weighted by molar-refractivity contribution is -0.153. The van der Waals surface area contributed by atoms with Gasteiger partial charge in [-0.3, -0.25) is 4.79 Å². The average Bonchev–Trinajstić information content (AvgIpc) is 2.00. The van der Waals surface area contributed by atoms with Crippen LogP contribution in [0.5, 0.6) is 0 Å². The highest BCUT2D eigenvalue weighted by molar-refractivity contribution is 8.01. The molecule has 3 heteroatoms.